The third-order valence-electron chi connectivity index (χ3n) is 6.24. The molecular weight excluding hydrogens is 405 g/mol. The van der Waals surface area contributed by atoms with Crippen LogP contribution in [0.1, 0.15) is 70.6 Å². The molecule has 3 aliphatic carbocycles. The van der Waals surface area contributed by atoms with E-state index in [2.05, 4.69) is 22.6 Å². The van der Waals surface area contributed by atoms with Crippen LogP contribution < -0.4 is 0 Å². The van der Waals surface area contributed by atoms with Crippen LogP contribution in [0.3, 0.4) is 0 Å². The Morgan fingerprint density at radius 2 is 1.48 bits per heavy atom. The highest BCUT2D eigenvalue weighted by Crippen LogP contribution is 2.40. The summed E-state index contributed by atoms with van der Waals surface area (Å²) in [5, 5.41) is 0. The summed E-state index contributed by atoms with van der Waals surface area (Å²) in [5.41, 5.74) is 1.07. The van der Waals surface area contributed by atoms with Crippen molar-refractivity contribution in [3.63, 3.8) is 0 Å². The topological polar surface area (TPSA) is 0 Å². The molecule has 0 spiro atoms. The zero-order valence-electron chi connectivity index (χ0n) is 14.0. The fraction of sp³-hybridized carbons (Fsp3) is 0.800. The van der Waals surface area contributed by atoms with Gasteiger partial charge in [0.1, 0.15) is 5.83 Å². The summed E-state index contributed by atoms with van der Waals surface area (Å²) in [7, 11) is 0. The van der Waals surface area contributed by atoms with Crippen molar-refractivity contribution < 1.29 is 8.78 Å². The van der Waals surface area contributed by atoms with Gasteiger partial charge < -0.3 is 0 Å². The summed E-state index contributed by atoms with van der Waals surface area (Å²) in [6.07, 6.45) is 15.6. The van der Waals surface area contributed by atoms with Crippen LogP contribution in [-0.2, 0) is 0 Å². The number of allylic oxidation sites excluding steroid dienone is 4. The lowest BCUT2D eigenvalue weighted by Gasteiger charge is -2.32. The van der Waals surface area contributed by atoms with Crippen molar-refractivity contribution in [2.24, 2.45) is 17.8 Å². The Bertz CT molecular complexity index is 441. The highest BCUT2D eigenvalue weighted by molar-refractivity contribution is 14.1. The highest BCUT2D eigenvalue weighted by atomic mass is 127. The molecule has 0 heterocycles. The molecule has 0 bridgehead atoms. The fourth-order valence-electron chi connectivity index (χ4n) is 4.61. The molecule has 3 heteroatoms. The first-order chi connectivity index (χ1) is 11.1. The van der Waals surface area contributed by atoms with Crippen molar-refractivity contribution >= 4 is 22.6 Å². The molecule has 2 saturated carbocycles. The maximum Gasteiger partial charge on any atom is 0.155 e. The van der Waals surface area contributed by atoms with Gasteiger partial charge in [0.25, 0.3) is 0 Å². The largest absolute Gasteiger partial charge is 0.239 e. The normalized spacial score (nSPS) is 38.8. The monoisotopic (exact) mass is 434 g/mol. The van der Waals surface area contributed by atoms with E-state index < -0.39 is 12.0 Å². The van der Waals surface area contributed by atoms with E-state index in [-0.39, 0.29) is 6.42 Å². The molecule has 0 N–H and O–H groups in total. The third kappa shape index (κ3) is 5.02. The molecule has 0 amide bonds. The maximum atomic E-state index is 13.5. The van der Waals surface area contributed by atoms with Crippen LogP contribution in [0.15, 0.2) is 23.6 Å². The summed E-state index contributed by atoms with van der Waals surface area (Å²) in [6, 6.07) is 0. The summed E-state index contributed by atoms with van der Waals surface area (Å²) in [5.74, 6) is 1.75. The summed E-state index contributed by atoms with van der Waals surface area (Å²) in [4.78, 5) is 0. The van der Waals surface area contributed by atoms with Gasteiger partial charge >= 0.3 is 0 Å². The quantitative estimate of drug-likeness (QED) is 0.327. The van der Waals surface area contributed by atoms with E-state index in [1.807, 2.05) is 6.08 Å². The van der Waals surface area contributed by atoms with Gasteiger partial charge in [-0.1, -0.05) is 41.5 Å². The summed E-state index contributed by atoms with van der Waals surface area (Å²) < 4.78 is 27.6. The Balaban J connectivity index is 1.39. The Hall–Kier alpha value is 0.0700. The second-order valence-electron chi connectivity index (χ2n) is 7.85. The number of hydrogen-bond donors (Lipinski definition) is 0. The van der Waals surface area contributed by atoms with Crippen LogP contribution >= 0.6 is 22.6 Å². The first-order valence-electron chi connectivity index (χ1n) is 9.47. The van der Waals surface area contributed by atoms with Crippen molar-refractivity contribution in [2.75, 3.05) is 0 Å². The van der Waals surface area contributed by atoms with E-state index in [4.69, 9.17) is 0 Å². The zero-order chi connectivity index (χ0) is 16.2. The molecular formula is C20H29F2I. The minimum absolute atomic E-state index is 0.233. The molecule has 0 radical (unpaired) electrons. The highest BCUT2D eigenvalue weighted by Gasteiger charge is 2.27. The molecule has 0 saturated heterocycles. The van der Waals surface area contributed by atoms with E-state index >= 15 is 0 Å². The maximum absolute atomic E-state index is 13.5. The lowest BCUT2D eigenvalue weighted by molar-refractivity contribution is 0.251. The minimum atomic E-state index is -1.40. The van der Waals surface area contributed by atoms with Gasteiger partial charge in [0.2, 0.25) is 0 Å². The Kier molecular flexibility index (Phi) is 6.56. The number of rotatable bonds is 4. The van der Waals surface area contributed by atoms with Gasteiger partial charge in [0.15, 0.2) is 6.17 Å². The number of hydrogen-bond acceptors (Lipinski definition) is 0. The van der Waals surface area contributed by atoms with E-state index in [1.165, 1.54) is 57.4 Å². The Morgan fingerprint density at radius 3 is 2.04 bits per heavy atom. The molecule has 23 heavy (non-hydrogen) atoms. The average molecular weight is 434 g/mol. The van der Waals surface area contributed by atoms with Crippen LogP contribution in [0.2, 0.25) is 0 Å². The van der Waals surface area contributed by atoms with Crippen molar-refractivity contribution in [3.8, 4) is 0 Å². The molecule has 0 aliphatic heterocycles. The van der Waals surface area contributed by atoms with Crippen molar-refractivity contribution in [1.29, 1.82) is 0 Å². The van der Waals surface area contributed by atoms with E-state index in [0.29, 0.717) is 5.92 Å². The van der Waals surface area contributed by atoms with Gasteiger partial charge in [-0.05, 0) is 80.8 Å². The molecule has 0 aromatic carbocycles. The zero-order valence-corrected chi connectivity index (χ0v) is 16.1. The number of alkyl halides is 2. The lowest BCUT2D eigenvalue weighted by atomic mass is 9.74. The second kappa shape index (κ2) is 8.44. The van der Waals surface area contributed by atoms with Gasteiger partial charge in [-0.2, -0.15) is 0 Å². The van der Waals surface area contributed by atoms with Gasteiger partial charge in [0, 0.05) is 10.3 Å². The molecule has 0 aromatic heterocycles. The predicted octanol–water partition coefficient (Wildman–Crippen LogP) is 7.09. The predicted molar refractivity (Wildman–Crippen MR) is 101 cm³/mol. The molecule has 1 unspecified atom stereocenters. The first kappa shape index (κ1) is 17.9. The van der Waals surface area contributed by atoms with Crippen LogP contribution in [0.5, 0.6) is 0 Å². The van der Waals surface area contributed by atoms with Crippen molar-refractivity contribution in [1.82, 2.24) is 0 Å². The fourth-order valence-corrected chi connectivity index (χ4v) is 5.33. The van der Waals surface area contributed by atoms with Gasteiger partial charge in [-0.3, -0.25) is 0 Å². The van der Waals surface area contributed by atoms with Gasteiger partial charge in [-0.15, -0.1) is 0 Å². The number of halogens is 3. The van der Waals surface area contributed by atoms with E-state index in [1.54, 1.807) is 0 Å². The van der Waals surface area contributed by atoms with Crippen LogP contribution in [0, 0.1) is 17.8 Å². The standard InChI is InChI=1S/C20H29F2I/c21-19-12-9-17(13-20(19)22)16-7-3-14(4-8-16)1-2-15-5-10-18(23)11-6-15/h9,13-16,18-19H,1-8,10-12H2. The van der Waals surface area contributed by atoms with Crippen LogP contribution in [-0.4, -0.2) is 10.1 Å². The molecule has 130 valence electrons. The average Bonchev–Trinajstić information content (AvgIpc) is 2.57. The second-order valence-corrected chi connectivity index (χ2v) is 9.61. The molecule has 1 atom stereocenters. The summed E-state index contributed by atoms with van der Waals surface area (Å²) in [6.45, 7) is 0. The van der Waals surface area contributed by atoms with E-state index in [9.17, 15) is 8.78 Å². The lowest BCUT2D eigenvalue weighted by Crippen LogP contribution is -2.19. The Morgan fingerprint density at radius 1 is 0.913 bits per heavy atom. The summed E-state index contributed by atoms with van der Waals surface area (Å²) >= 11 is 2.60. The van der Waals surface area contributed by atoms with Crippen LogP contribution in [0.25, 0.3) is 0 Å². The van der Waals surface area contributed by atoms with Crippen molar-refractivity contribution in [3.05, 3.63) is 23.6 Å². The molecule has 0 nitrogen and oxygen atoms in total. The smallest absolute Gasteiger partial charge is 0.155 e. The van der Waals surface area contributed by atoms with E-state index in [0.717, 1.165) is 34.2 Å². The molecule has 3 aliphatic rings. The van der Waals surface area contributed by atoms with Crippen LogP contribution in [0.4, 0.5) is 8.78 Å². The molecule has 2 fully saturated rings. The SMILES string of the molecule is FC1=CC(C2CCC(CCC3CCC(I)CC3)CC2)=CCC1F. The molecule has 0 aromatic rings. The minimum Gasteiger partial charge on any atom is -0.239 e. The third-order valence-corrected chi connectivity index (χ3v) is 7.49. The van der Waals surface area contributed by atoms with Gasteiger partial charge in [0.05, 0.1) is 0 Å². The first-order valence-corrected chi connectivity index (χ1v) is 10.7. The van der Waals surface area contributed by atoms with Gasteiger partial charge in [-0.25, -0.2) is 8.78 Å². The van der Waals surface area contributed by atoms with Crippen molar-refractivity contribution in [2.45, 2.75) is 80.7 Å². The Labute approximate surface area is 153 Å². The molecule has 3 rings (SSSR count).